The molecule has 0 unspecified atom stereocenters. The van der Waals surface area contributed by atoms with Crippen LogP contribution in [0.1, 0.15) is 21.5 Å². The van der Waals surface area contributed by atoms with E-state index in [2.05, 4.69) is 10.2 Å². The van der Waals surface area contributed by atoms with Gasteiger partial charge in [0.1, 0.15) is 5.75 Å². The molecule has 0 aromatic heterocycles. The van der Waals surface area contributed by atoms with E-state index in [1.54, 1.807) is 29.6 Å². The molecule has 0 saturated carbocycles. The molecule has 7 nitrogen and oxygen atoms in total. The van der Waals surface area contributed by atoms with E-state index in [4.69, 9.17) is 4.74 Å². The molecule has 178 valence electrons. The Balaban J connectivity index is 1.31. The second-order valence-electron chi connectivity index (χ2n) is 8.38. The van der Waals surface area contributed by atoms with E-state index in [0.29, 0.717) is 54.6 Å². The van der Waals surface area contributed by atoms with Gasteiger partial charge in [0.25, 0.3) is 5.91 Å². The number of nitrogens with one attached hydrogen (secondary N) is 1. The van der Waals surface area contributed by atoms with Crippen LogP contribution in [0.25, 0.3) is 0 Å². The normalized spacial score (nSPS) is 15.1. The molecule has 1 heterocycles. The number of sulfonamides is 1. The van der Waals surface area contributed by atoms with Crippen LogP contribution in [-0.4, -0.2) is 56.8 Å². The van der Waals surface area contributed by atoms with Crippen LogP contribution in [0.2, 0.25) is 0 Å². The van der Waals surface area contributed by atoms with Crippen LogP contribution in [0, 0.1) is 6.92 Å². The zero-order valence-electron chi connectivity index (χ0n) is 19.4. The predicted octanol–water partition coefficient (Wildman–Crippen LogP) is 3.76. The third-order valence-electron chi connectivity index (χ3n) is 5.94. The summed E-state index contributed by atoms with van der Waals surface area (Å²) in [6, 6.07) is 21.7. The van der Waals surface area contributed by atoms with Crippen molar-refractivity contribution >= 4 is 21.6 Å². The number of hydrogen-bond donors (Lipinski definition) is 1. The highest BCUT2D eigenvalue weighted by atomic mass is 32.2. The van der Waals surface area contributed by atoms with Crippen molar-refractivity contribution in [1.29, 1.82) is 0 Å². The fourth-order valence-electron chi connectivity index (χ4n) is 3.91. The van der Waals surface area contributed by atoms with Gasteiger partial charge in [-0.25, -0.2) is 8.42 Å². The number of rotatable bonds is 7. The maximum atomic E-state index is 12.9. The molecule has 1 aliphatic rings. The summed E-state index contributed by atoms with van der Waals surface area (Å²) in [6.07, 6.45) is 0. The minimum Gasteiger partial charge on any atom is -0.497 e. The van der Waals surface area contributed by atoms with Crippen LogP contribution in [0.4, 0.5) is 5.69 Å². The molecule has 1 saturated heterocycles. The molecule has 1 fully saturated rings. The van der Waals surface area contributed by atoms with Gasteiger partial charge < -0.3 is 10.1 Å². The third-order valence-corrected chi connectivity index (χ3v) is 7.85. The van der Waals surface area contributed by atoms with Gasteiger partial charge in [-0.2, -0.15) is 4.31 Å². The van der Waals surface area contributed by atoms with E-state index in [0.717, 1.165) is 11.1 Å². The number of ether oxygens (including phenoxy) is 1. The van der Waals surface area contributed by atoms with E-state index in [1.807, 2.05) is 61.5 Å². The summed E-state index contributed by atoms with van der Waals surface area (Å²) in [4.78, 5) is 15.1. The minimum absolute atomic E-state index is 0.185. The van der Waals surface area contributed by atoms with E-state index >= 15 is 0 Å². The van der Waals surface area contributed by atoms with Crippen molar-refractivity contribution in [1.82, 2.24) is 9.21 Å². The smallest absolute Gasteiger partial charge is 0.255 e. The fourth-order valence-corrected chi connectivity index (χ4v) is 5.33. The Kier molecular flexibility index (Phi) is 7.31. The Morgan fingerprint density at radius 2 is 1.62 bits per heavy atom. The van der Waals surface area contributed by atoms with Crippen LogP contribution in [0.5, 0.6) is 5.75 Å². The Hall–Kier alpha value is -3.20. The Labute approximate surface area is 201 Å². The average molecular weight is 480 g/mol. The molecule has 1 amide bonds. The van der Waals surface area contributed by atoms with E-state index in [9.17, 15) is 13.2 Å². The summed E-state index contributed by atoms with van der Waals surface area (Å²) in [5, 5.41) is 2.88. The number of anilines is 1. The average Bonchev–Trinajstić information content (AvgIpc) is 2.85. The Morgan fingerprint density at radius 3 is 2.26 bits per heavy atom. The van der Waals surface area contributed by atoms with Gasteiger partial charge in [0.05, 0.1) is 12.0 Å². The zero-order valence-corrected chi connectivity index (χ0v) is 20.2. The van der Waals surface area contributed by atoms with Gasteiger partial charge in [-0.05, 0) is 48.9 Å². The minimum atomic E-state index is -3.47. The topological polar surface area (TPSA) is 79.0 Å². The second kappa shape index (κ2) is 10.4. The van der Waals surface area contributed by atoms with Gasteiger partial charge in [0.15, 0.2) is 0 Å². The summed E-state index contributed by atoms with van der Waals surface area (Å²) >= 11 is 0. The molecule has 3 aromatic rings. The number of nitrogens with zero attached hydrogens (tertiary/aromatic N) is 2. The molecule has 4 rings (SSSR count). The van der Waals surface area contributed by atoms with Crippen molar-refractivity contribution in [2.45, 2.75) is 18.4 Å². The summed E-state index contributed by atoms with van der Waals surface area (Å²) in [5.41, 5.74) is 3.35. The van der Waals surface area contributed by atoms with Gasteiger partial charge in [0, 0.05) is 50.0 Å². The largest absolute Gasteiger partial charge is 0.497 e. The predicted molar refractivity (Wildman–Crippen MR) is 133 cm³/mol. The van der Waals surface area contributed by atoms with Crippen LogP contribution in [-0.2, 0) is 16.6 Å². The second-order valence-corrected chi connectivity index (χ2v) is 10.3. The standard InChI is InChI=1S/C26H29N3O4S/c1-20-6-12-25(13-7-20)34(31,32)29-16-14-28(15-17-29)19-21-8-10-22(11-9-21)26(30)27-23-4-3-5-24(18-23)33-2/h3-13,18H,14-17,19H2,1-2H3,(H,27,30). The lowest BCUT2D eigenvalue weighted by Crippen LogP contribution is -2.48. The molecule has 1 N–H and O–H groups in total. The van der Waals surface area contributed by atoms with Gasteiger partial charge in [-0.1, -0.05) is 35.9 Å². The zero-order chi connectivity index (χ0) is 24.1. The molecular formula is C26H29N3O4S. The molecule has 0 bridgehead atoms. The Bertz CT molecular complexity index is 1230. The van der Waals surface area contributed by atoms with Gasteiger partial charge in [0.2, 0.25) is 10.0 Å². The maximum absolute atomic E-state index is 12.9. The highest BCUT2D eigenvalue weighted by Crippen LogP contribution is 2.20. The molecule has 8 heteroatoms. The Morgan fingerprint density at radius 1 is 0.941 bits per heavy atom. The molecular weight excluding hydrogens is 450 g/mol. The highest BCUT2D eigenvalue weighted by molar-refractivity contribution is 7.89. The number of carbonyl (C=O) groups excluding carboxylic acids is 1. The van der Waals surface area contributed by atoms with E-state index in [-0.39, 0.29) is 5.91 Å². The fraction of sp³-hybridized carbons (Fsp3) is 0.269. The molecule has 1 aliphatic heterocycles. The van der Waals surface area contributed by atoms with Crippen LogP contribution >= 0.6 is 0 Å². The first-order valence-corrected chi connectivity index (χ1v) is 12.6. The van der Waals surface area contributed by atoms with Crippen molar-refractivity contribution in [3.05, 3.63) is 89.5 Å². The van der Waals surface area contributed by atoms with Crippen molar-refractivity contribution in [2.24, 2.45) is 0 Å². The number of piperazine rings is 1. The monoisotopic (exact) mass is 479 g/mol. The first kappa shape index (κ1) is 23.9. The lowest BCUT2D eigenvalue weighted by Gasteiger charge is -2.34. The van der Waals surface area contributed by atoms with E-state index in [1.165, 1.54) is 0 Å². The maximum Gasteiger partial charge on any atom is 0.255 e. The molecule has 0 spiro atoms. The molecule has 0 radical (unpaired) electrons. The summed E-state index contributed by atoms with van der Waals surface area (Å²) < 4.78 is 32.5. The molecule has 0 aliphatic carbocycles. The van der Waals surface area contributed by atoms with Gasteiger partial charge >= 0.3 is 0 Å². The number of aryl methyl sites for hydroxylation is 1. The SMILES string of the molecule is COc1cccc(NC(=O)c2ccc(CN3CCN(S(=O)(=O)c4ccc(C)cc4)CC3)cc2)c1. The molecule has 0 atom stereocenters. The van der Waals surface area contributed by atoms with Crippen molar-refractivity contribution in [3.8, 4) is 5.75 Å². The van der Waals surface area contributed by atoms with Crippen LogP contribution in [0.3, 0.4) is 0 Å². The number of methoxy groups -OCH3 is 1. The first-order chi connectivity index (χ1) is 16.3. The van der Waals surface area contributed by atoms with Gasteiger partial charge in [-0.3, -0.25) is 9.69 Å². The van der Waals surface area contributed by atoms with Crippen LogP contribution < -0.4 is 10.1 Å². The lowest BCUT2D eigenvalue weighted by molar-refractivity contribution is 0.102. The summed E-state index contributed by atoms with van der Waals surface area (Å²) in [5.74, 6) is 0.495. The number of benzene rings is 3. The van der Waals surface area contributed by atoms with Crippen LogP contribution in [0.15, 0.2) is 77.7 Å². The molecule has 34 heavy (non-hydrogen) atoms. The van der Waals surface area contributed by atoms with Crippen molar-refractivity contribution in [3.63, 3.8) is 0 Å². The summed E-state index contributed by atoms with van der Waals surface area (Å²) in [7, 11) is -1.88. The first-order valence-electron chi connectivity index (χ1n) is 11.2. The quantitative estimate of drug-likeness (QED) is 0.558. The number of amides is 1. The van der Waals surface area contributed by atoms with Crippen molar-refractivity contribution in [2.75, 3.05) is 38.6 Å². The molecule has 3 aromatic carbocycles. The third kappa shape index (κ3) is 5.64. The lowest BCUT2D eigenvalue weighted by atomic mass is 10.1. The van der Waals surface area contributed by atoms with Gasteiger partial charge in [-0.15, -0.1) is 0 Å². The van der Waals surface area contributed by atoms with E-state index < -0.39 is 10.0 Å². The van der Waals surface area contributed by atoms with Crippen molar-refractivity contribution < 1.29 is 17.9 Å². The number of carbonyl (C=O) groups is 1. The number of hydrogen-bond acceptors (Lipinski definition) is 5. The highest BCUT2D eigenvalue weighted by Gasteiger charge is 2.28. The summed E-state index contributed by atoms with van der Waals surface area (Å²) in [6.45, 7) is 4.87.